The third kappa shape index (κ3) is 1.78. The van der Waals surface area contributed by atoms with Crippen LogP contribution < -0.4 is 4.74 Å². The first-order chi connectivity index (χ1) is 8.79. The van der Waals surface area contributed by atoms with Gasteiger partial charge in [-0.25, -0.2) is 4.98 Å². The van der Waals surface area contributed by atoms with Gasteiger partial charge in [0.2, 0.25) is 0 Å². The summed E-state index contributed by atoms with van der Waals surface area (Å²) in [6.45, 7) is 0. The standard InChI is InChI=1S/C14H11BrN2O/c1-18-14-8-4-7-13-16-12(9-17(13)14)10-5-2-3-6-11(10)15/h2-9H,1H3. The van der Waals surface area contributed by atoms with Gasteiger partial charge in [0.1, 0.15) is 5.65 Å². The van der Waals surface area contributed by atoms with Crippen LogP contribution in [0.1, 0.15) is 0 Å². The molecular weight excluding hydrogens is 292 g/mol. The zero-order valence-corrected chi connectivity index (χ0v) is 11.4. The molecule has 4 heteroatoms. The molecule has 0 atom stereocenters. The molecule has 1 aromatic carbocycles. The maximum Gasteiger partial charge on any atom is 0.198 e. The molecule has 0 unspecified atom stereocenters. The summed E-state index contributed by atoms with van der Waals surface area (Å²) in [5, 5.41) is 0. The molecule has 0 bridgehead atoms. The number of fused-ring (bicyclic) bond motifs is 1. The molecule has 0 amide bonds. The van der Waals surface area contributed by atoms with Gasteiger partial charge >= 0.3 is 0 Å². The van der Waals surface area contributed by atoms with E-state index in [1.54, 1.807) is 7.11 Å². The Morgan fingerprint density at radius 3 is 2.72 bits per heavy atom. The van der Waals surface area contributed by atoms with Crippen molar-refractivity contribution in [1.82, 2.24) is 9.38 Å². The Balaban J connectivity index is 2.23. The number of nitrogens with zero attached hydrogens (tertiary/aromatic N) is 2. The first kappa shape index (κ1) is 11.3. The highest BCUT2D eigenvalue weighted by atomic mass is 79.9. The second-order valence-corrected chi connectivity index (χ2v) is 4.76. The van der Waals surface area contributed by atoms with Crippen molar-refractivity contribution < 1.29 is 4.74 Å². The Morgan fingerprint density at radius 1 is 1.11 bits per heavy atom. The van der Waals surface area contributed by atoms with Gasteiger partial charge < -0.3 is 4.74 Å². The summed E-state index contributed by atoms with van der Waals surface area (Å²) >= 11 is 3.55. The van der Waals surface area contributed by atoms with Crippen LogP contribution in [0.25, 0.3) is 16.9 Å². The first-order valence-corrected chi connectivity index (χ1v) is 6.36. The molecule has 3 aromatic rings. The molecule has 0 saturated heterocycles. The summed E-state index contributed by atoms with van der Waals surface area (Å²) in [7, 11) is 1.66. The minimum absolute atomic E-state index is 0.776. The molecule has 0 N–H and O–H groups in total. The maximum absolute atomic E-state index is 5.32. The number of benzene rings is 1. The Bertz CT molecular complexity index is 706. The predicted octanol–water partition coefficient (Wildman–Crippen LogP) is 3.77. The van der Waals surface area contributed by atoms with Crippen molar-refractivity contribution in [2.24, 2.45) is 0 Å². The SMILES string of the molecule is COc1cccc2nc(-c3ccccc3Br)cn12. The number of halogens is 1. The van der Waals surface area contributed by atoms with Crippen LogP contribution >= 0.6 is 15.9 Å². The lowest BCUT2D eigenvalue weighted by Crippen LogP contribution is -1.91. The lowest BCUT2D eigenvalue weighted by molar-refractivity contribution is 0.392. The van der Waals surface area contributed by atoms with Crippen LogP contribution in [0.15, 0.2) is 53.1 Å². The highest BCUT2D eigenvalue weighted by molar-refractivity contribution is 9.10. The molecule has 0 spiro atoms. The maximum atomic E-state index is 5.32. The van der Waals surface area contributed by atoms with E-state index in [9.17, 15) is 0 Å². The molecule has 2 heterocycles. The molecule has 0 aliphatic carbocycles. The van der Waals surface area contributed by atoms with Crippen LogP contribution in [0.5, 0.6) is 5.88 Å². The first-order valence-electron chi connectivity index (χ1n) is 5.56. The van der Waals surface area contributed by atoms with E-state index in [-0.39, 0.29) is 0 Å². The van der Waals surface area contributed by atoms with E-state index < -0.39 is 0 Å². The fraction of sp³-hybridized carbons (Fsp3) is 0.0714. The number of pyridine rings is 1. The third-order valence-electron chi connectivity index (χ3n) is 2.81. The number of imidazole rings is 1. The number of rotatable bonds is 2. The van der Waals surface area contributed by atoms with E-state index in [1.807, 2.05) is 53.1 Å². The molecular formula is C14H11BrN2O. The van der Waals surface area contributed by atoms with E-state index in [2.05, 4.69) is 20.9 Å². The summed E-state index contributed by atoms with van der Waals surface area (Å²) in [6, 6.07) is 13.9. The molecule has 0 aliphatic heterocycles. The van der Waals surface area contributed by atoms with Crippen LogP contribution in [-0.4, -0.2) is 16.5 Å². The van der Waals surface area contributed by atoms with Crippen molar-refractivity contribution in [3.8, 4) is 17.1 Å². The summed E-state index contributed by atoms with van der Waals surface area (Å²) in [4.78, 5) is 4.61. The number of aromatic nitrogens is 2. The average Bonchev–Trinajstić information content (AvgIpc) is 2.82. The lowest BCUT2D eigenvalue weighted by Gasteiger charge is -2.01. The van der Waals surface area contributed by atoms with Crippen molar-refractivity contribution in [3.05, 3.63) is 53.1 Å². The van der Waals surface area contributed by atoms with Crippen molar-refractivity contribution in [2.75, 3.05) is 7.11 Å². The van der Waals surface area contributed by atoms with Gasteiger partial charge in [0.25, 0.3) is 0 Å². The molecule has 2 aromatic heterocycles. The van der Waals surface area contributed by atoms with E-state index in [1.165, 1.54) is 0 Å². The fourth-order valence-corrected chi connectivity index (χ4v) is 2.44. The molecule has 0 radical (unpaired) electrons. The van der Waals surface area contributed by atoms with Gasteiger partial charge in [-0.1, -0.05) is 40.2 Å². The molecule has 3 rings (SSSR count). The van der Waals surface area contributed by atoms with Crippen molar-refractivity contribution in [2.45, 2.75) is 0 Å². The number of hydrogen-bond acceptors (Lipinski definition) is 2. The van der Waals surface area contributed by atoms with E-state index in [0.717, 1.165) is 27.3 Å². The van der Waals surface area contributed by atoms with Crippen LogP contribution in [-0.2, 0) is 0 Å². The summed E-state index contributed by atoms with van der Waals surface area (Å²) in [5.41, 5.74) is 2.87. The smallest absolute Gasteiger partial charge is 0.198 e. The second kappa shape index (κ2) is 4.46. The van der Waals surface area contributed by atoms with Gasteiger partial charge in [-0.15, -0.1) is 0 Å². The van der Waals surface area contributed by atoms with Crippen molar-refractivity contribution in [1.29, 1.82) is 0 Å². The van der Waals surface area contributed by atoms with Crippen LogP contribution in [0.4, 0.5) is 0 Å². The van der Waals surface area contributed by atoms with E-state index in [0.29, 0.717) is 0 Å². The molecule has 3 nitrogen and oxygen atoms in total. The van der Waals surface area contributed by atoms with Crippen molar-refractivity contribution >= 4 is 21.6 Å². The fourth-order valence-electron chi connectivity index (χ4n) is 1.95. The Kier molecular flexibility index (Phi) is 2.80. The second-order valence-electron chi connectivity index (χ2n) is 3.90. The van der Waals surface area contributed by atoms with E-state index >= 15 is 0 Å². The van der Waals surface area contributed by atoms with Gasteiger partial charge in [0, 0.05) is 16.2 Å². The van der Waals surface area contributed by atoms with Gasteiger partial charge in [-0.2, -0.15) is 0 Å². The minimum atomic E-state index is 0.776. The monoisotopic (exact) mass is 302 g/mol. The quantitative estimate of drug-likeness (QED) is 0.720. The van der Waals surface area contributed by atoms with Crippen LogP contribution in [0, 0.1) is 0 Å². The molecule has 0 fully saturated rings. The summed E-state index contributed by atoms with van der Waals surface area (Å²) in [5.74, 6) is 0.776. The zero-order chi connectivity index (χ0) is 12.5. The molecule has 0 aliphatic rings. The minimum Gasteiger partial charge on any atom is -0.482 e. The van der Waals surface area contributed by atoms with Crippen LogP contribution in [0.2, 0.25) is 0 Å². The Labute approximate surface area is 113 Å². The highest BCUT2D eigenvalue weighted by Crippen LogP contribution is 2.28. The Hall–Kier alpha value is -1.81. The number of ether oxygens (including phenoxy) is 1. The van der Waals surface area contributed by atoms with Gasteiger partial charge in [0.05, 0.1) is 12.8 Å². The average molecular weight is 303 g/mol. The largest absolute Gasteiger partial charge is 0.482 e. The van der Waals surface area contributed by atoms with Crippen LogP contribution in [0.3, 0.4) is 0 Å². The third-order valence-corrected chi connectivity index (χ3v) is 3.51. The Morgan fingerprint density at radius 2 is 1.94 bits per heavy atom. The zero-order valence-electron chi connectivity index (χ0n) is 9.80. The van der Waals surface area contributed by atoms with Gasteiger partial charge in [0.15, 0.2) is 5.88 Å². The molecule has 0 saturated carbocycles. The molecule has 90 valence electrons. The molecule has 18 heavy (non-hydrogen) atoms. The number of hydrogen-bond donors (Lipinski definition) is 0. The summed E-state index contributed by atoms with van der Waals surface area (Å²) in [6.07, 6.45) is 1.98. The normalized spacial score (nSPS) is 10.8. The number of methoxy groups -OCH3 is 1. The van der Waals surface area contributed by atoms with E-state index in [4.69, 9.17) is 4.74 Å². The topological polar surface area (TPSA) is 26.5 Å². The van der Waals surface area contributed by atoms with Gasteiger partial charge in [-0.05, 0) is 18.2 Å². The summed E-state index contributed by atoms with van der Waals surface area (Å²) < 4.78 is 8.29. The predicted molar refractivity (Wildman–Crippen MR) is 74.9 cm³/mol. The van der Waals surface area contributed by atoms with Crippen molar-refractivity contribution in [3.63, 3.8) is 0 Å². The highest BCUT2D eigenvalue weighted by Gasteiger charge is 2.09. The lowest BCUT2D eigenvalue weighted by atomic mass is 10.2. The van der Waals surface area contributed by atoms with Gasteiger partial charge in [-0.3, -0.25) is 4.40 Å².